The Kier molecular flexibility index (Phi) is 3.60. The molecule has 0 saturated carbocycles. The van der Waals surface area contributed by atoms with Gasteiger partial charge in [-0.1, -0.05) is 18.6 Å². The van der Waals surface area contributed by atoms with Crippen LogP contribution in [0.2, 0.25) is 0 Å². The summed E-state index contributed by atoms with van der Waals surface area (Å²) in [4.78, 5) is 6.96. The summed E-state index contributed by atoms with van der Waals surface area (Å²) in [5, 5.41) is 8.49. The van der Waals surface area contributed by atoms with Gasteiger partial charge in [-0.15, -0.1) is 0 Å². The molecule has 0 unspecified atom stereocenters. The van der Waals surface area contributed by atoms with E-state index in [9.17, 15) is 0 Å². The number of fused-ring (bicyclic) bond motifs is 1. The van der Waals surface area contributed by atoms with E-state index in [-0.39, 0.29) is 0 Å². The van der Waals surface area contributed by atoms with Crippen molar-refractivity contribution in [1.29, 1.82) is 0 Å². The molecule has 0 radical (unpaired) electrons. The van der Waals surface area contributed by atoms with Crippen LogP contribution in [0, 0.1) is 0 Å². The molecule has 0 bridgehead atoms. The third-order valence-electron chi connectivity index (χ3n) is 4.55. The molecular weight excluding hydrogens is 272 g/mol. The van der Waals surface area contributed by atoms with E-state index in [0.29, 0.717) is 6.04 Å². The van der Waals surface area contributed by atoms with E-state index in [1.54, 1.807) is 0 Å². The smallest absolute Gasteiger partial charge is 0.0702 e. The zero-order valence-electron chi connectivity index (χ0n) is 12.6. The summed E-state index contributed by atoms with van der Waals surface area (Å²) in [5.74, 6) is 0. The number of rotatable bonds is 3. The van der Waals surface area contributed by atoms with E-state index in [1.807, 2.05) is 18.5 Å². The first-order chi connectivity index (χ1) is 10.9. The Labute approximate surface area is 130 Å². The fourth-order valence-electron chi connectivity index (χ4n) is 3.44. The van der Waals surface area contributed by atoms with Gasteiger partial charge < -0.3 is 0 Å². The Hall–Kier alpha value is -2.20. The maximum atomic E-state index is 4.40. The van der Waals surface area contributed by atoms with Crippen molar-refractivity contribution in [3.8, 4) is 0 Å². The minimum atomic E-state index is 0.459. The number of piperidine rings is 1. The SMILES string of the molecule is c1cnc2ccc(CN3CCCC[C@H]3c3ccn[nH]3)cc2c1. The number of aromatic nitrogens is 3. The second-order valence-electron chi connectivity index (χ2n) is 6.02. The summed E-state index contributed by atoms with van der Waals surface area (Å²) in [7, 11) is 0. The zero-order chi connectivity index (χ0) is 14.8. The number of nitrogens with zero attached hydrogens (tertiary/aromatic N) is 3. The Bertz CT molecular complexity index is 751. The largest absolute Gasteiger partial charge is 0.291 e. The van der Waals surface area contributed by atoms with Gasteiger partial charge in [0.2, 0.25) is 0 Å². The van der Waals surface area contributed by atoms with Gasteiger partial charge in [0.25, 0.3) is 0 Å². The average molecular weight is 292 g/mol. The van der Waals surface area contributed by atoms with Crippen molar-refractivity contribution in [1.82, 2.24) is 20.1 Å². The van der Waals surface area contributed by atoms with Gasteiger partial charge in [0.15, 0.2) is 0 Å². The van der Waals surface area contributed by atoms with Crippen molar-refractivity contribution in [3.05, 3.63) is 60.0 Å². The van der Waals surface area contributed by atoms with Crippen molar-refractivity contribution in [2.75, 3.05) is 6.54 Å². The van der Waals surface area contributed by atoms with Crippen LogP contribution >= 0.6 is 0 Å². The van der Waals surface area contributed by atoms with Crippen molar-refractivity contribution < 1.29 is 0 Å². The predicted octanol–water partition coefficient (Wildman–Crippen LogP) is 3.69. The third kappa shape index (κ3) is 2.62. The van der Waals surface area contributed by atoms with Crippen LogP contribution in [0.15, 0.2) is 48.8 Å². The lowest BCUT2D eigenvalue weighted by Crippen LogP contribution is -2.33. The topological polar surface area (TPSA) is 44.8 Å². The van der Waals surface area contributed by atoms with Crippen LogP contribution in [0.3, 0.4) is 0 Å². The molecule has 1 aliphatic rings. The van der Waals surface area contributed by atoms with Gasteiger partial charge in [0, 0.05) is 24.3 Å². The van der Waals surface area contributed by atoms with Gasteiger partial charge >= 0.3 is 0 Å². The maximum Gasteiger partial charge on any atom is 0.0702 e. The van der Waals surface area contributed by atoms with Gasteiger partial charge in [0.1, 0.15) is 0 Å². The second-order valence-corrected chi connectivity index (χ2v) is 6.02. The zero-order valence-corrected chi connectivity index (χ0v) is 12.6. The molecule has 4 rings (SSSR count). The summed E-state index contributed by atoms with van der Waals surface area (Å²) in [6.07, 6.45) is 7.48. The number of hydrogen-bond acceptors (Lipinski definition) is 3. The monoisotopic (exact) mass is 292 g/mol. The lowest BCUT2D eigenvalue weighted by Gasteiger charge is -2.35. The van der Waals surface area contributed by atoms with E-state index >= 15 is 0 Å². The molecule has 3 aromatic rings. The fraction of sp³-hybridized carbons (Fsp3) is 0.333. The lowest BCUT2D eigenvalue weighted by molar-refractivity contribution is 0.137. The molecule has 22 heavy (non-hydrogen) atoms. The number of benzene rings is 1. The summed E-state index contributed by atoms with van der Waals surface area (Å²) in [5.41, 5.74) is 3.66. The Morgan fingerprint density at radius 3 is 3.05 bits per heavy atom. The molecule has 0 amide bonds. The van der Waals surface area contributed by atoms with Crippen LogP contribution in [0.25, 0.3) is 10.9 Å². The van der Waals surface area contributed by atoms with E-state index in [0.717, 1.165) is 18.6 Å². The molecule has 1 saturated heterocycles. The van der Waals surface area contributed by atoms with Gasteiger partial charge in [-0.3, -0.25) is 15.0 Å². The van der Waals surface area contributed by atoms with Crippen LogP contribution in [0.1, 0.15) is 36.6 Å². The summed E-state index contributed by atoms with van der Waals surface area (Å²) in [6, 6.07) is 13.3. The van der Waals surface area contributed by atoms with Crippen LogP contribution in [0.5, 0.6) is 0 Å². The first-order valence-corrected chi connectivity index (χ1v) is 7.97. The molecule has 1 N–H and O–H groups in total. The highest BCUT2D eigenvalue weighted by atomic mass is 15.2. The molecule has 2 aromatic heterocycles. The normalized spacial score (nSPS) is 19.5. The molecule has 1 aromatic carbocycles. The molecule has 112 valence electrons. The summed E-state index contributed by atoms with van der Waals surface area (Å²) >= 11 is 0. The fourth-order valence-corrected chi connectivity index (χ4v) is 3.44. The maximum absolute atomic E-state index is 4.40. The average Bonchev–Trinajstić information content (AvgIpc) is 3.10. The number of aromatic amines is 1. The highest BCUT2D eigenvalue weighted by Crippen LogP contribution is 2.31. The van der Waals surface area contributed by atoms with Crippen LogP contribution in [0.4, 0.5) is 0 Å². The lowest BCUT2D eigenvalue weighted by atomic mass is 9.98. The quantitative estimate of drug-likeness (QED) is 0.801. The first kappa shape index (κ1) is 13.5. The standard InChI is InChI=1S/C18H20N4/c1-2-11-22(18(5-1)17-8-10-20-21-17)13-14-6-7-16-15(12-14)4-3-9-19-16/h3-4,6-10,12,18H,1-2,5,11,13H2,(H,20,21)/t18-/m0/s1. The van der Waals surface area contributed by atoms with Crippen molar-refractivity contribution in [3.63, 3.8) is 0 Å². The molecule has 4 heteroatoms. The number of H-pyrrole nitrogens is 1. The Morgan fingerprint density at radius 1 is 1.14 bits per heavy atom. The number of nitrogens with one attached hydrogen (secondary N) is 1. The minimum absolute atomic E-state index is 0.459. The molecule has 1 fully saturated rings. The molecule has 3 heterocycles. The second kappa shape index (κ2) is 5.89. The van der Waals surface area contributed by atoms with E-state index < -0.39 is 0 Å². The summed E-state index contributed by atoms with van der Waals surface area (Å²) < 4.78 is 0. The predicted molar refractivity (Wildman–Crippen MR) is 87.3 cm³/mol. The van der Waals surface area contributed by atoms with Crippen LogP contribution in [-0.2, 0) is 6.54 Å². The van der Waals surface area contributed by atoms with Crippen molar-refractivity contribution >= 4 is 10.9 Å². The third-order valence-corrected chi connectivity index (χ3v) is 4.55. The number of pyridine rings is 1. The van der Waals surface area contributed by atoms with Crippen LogP contribution in [-0.4, -0.2) is 26.6 Å². The van der Waals surface area contributed by atoms with Crippen molar-refractivity contribution in [2.24, 2.45) is 0 Å². The highest BCUT2D eigenvalue weighted by Gasteiger charge is 2.24. The van der Waals surface area contributed by atoms with E-state index in [4.69, 9.17) is 0 Å². The Morgan fingerprint density at radius 2 is 2.14 bits per heavy atom. The summed E-state index contributed by atoms with van der Waals surface area (Å²) in [6.45, 7) is 2.13. The highest BCUT2D eigenvalue weighted by molar-refractivity contribution is 5.78. The number of likely N-dealkylation sites (tertiary alicyclic amines) is 1. The minimum Gasteiger partial charge on any atom is -0.291 e. The molecular formula is C18H20N4. The van der Waals surface area contributed by atoms with E-state index in [2.05, 4.69) is 50.4 Å². The van der Waals surface area contributed by atoms with Gasteiger partial charge in [-0.2, -0.15) is 5.10 Å². The molecule has 0 spiro atoms. The van der Waals surface area contributed by atoms with E-state index in [1.165, 1.54) is 35.9 Å². The Balaban J connectivity index is 1.59. The molecule has 4 nitrogen and oxygen atoms in total. The molecule has 0 aliphatic carbocycles. The van der Waals surface area contributed by atoms with Gasteiger partial charge in [-0.05, 0) is 49.2 Å². The first-order valence-electron chi connectivity index (χ1n) is 7.97. The van der Waals surface area contributed by atoms with Crippen LogP contribution < -0.4 is 0 Å². The van der Waals surface area contributed by atoms with Gasteiger partial charge in [-0.25, -0.2) is 0 Å². The molecule has 1 aliphatic heterocycles. The van der Waals surface area contributed by atoms with Crippen molar-refractivity contribution in [2.45, 2.75) is 31.8 Å². The van der Waals surface area contributed by atoms with Gasteiger partial charge in [0.05, 0.1) is 17.3 Å². The molecule has 1 atom stereocenters. The number of hydrogen-bond donors (Lipinski definition) is 1.